The fraction of sp³-hybridized carbons (Fsp3) is 1.00. The van der Waals surface area contributed by atoms with Crippen LogP contribution in [0.5, 0.6) is 0 Å². The van der Waals surface area contributed by atoms with Crippen LogP contribution in [0.4, 0.5) is 0 Å². The van der Waals surface area contributed by atoms with Gasteiger partial charge in [0.15, 0.2) is 0 Å². The highest BCUT2D eigenvalue weighted by Crippen LogP contribution is 2.23. The Morgan fingerprint density at radius 1 is 0.857 bits per heavy atom. The van der Waals surface area contributed by atoms with Crippen molar-refractivity contribution in [3.63, 3.8) is 0 Å². The molecule has 84 valence electrons. The predicted octanol–water partition coefficient (Wildman–Crippen LogP) is 3.92. The first-order valence-corrected chi connectivity index (χ1v) is 8.13. The molecular formula is C12H28AlN. The van der Waals surface area contributed by atoms with Gasteiger partial charge in [-0.25, -0.2) is 0 Å². The summed E-state index contributed by atoms with van der Waals surface area (Å²) in [5.41, 5.74) is 0. The highest BCUT2D eigenvalue weighted by Gasteiger charge is 2.31. The first-order chi connectivity index (χ1) is 6.54. The molecule has 0 aromatic heterocycles. The van der Waals surface area contributed by atoms with Gasteiger partial charge in [0.05, 0.1) is 0 Å². The zero-order chi connectivity index (χ0) is 11.1. The van der Waals surface area contributed by atoms with E-state index in [4.69, 9.17) is 0 Å². The molecule has 14 heavy (non-hydrogen) atoms. The standard InChI is InChI=1S/C6H14N.2C3H7.Al/c1-3-5-7-6-4-2;2*1-3-2;/h3-6H2,1-2H3;2*3H,1-2H3;/q-1;;;+1. The van der Waals surface area contributed by atoms with E-state index >= 15 is 0 Å². The average molecular weight is 213 g/mol. The summed E-state index contributed by atoms with van der Waals surface area (Å²) >= 11 is -0.697. The minimum Gasteiger partial charge on any atom is -0.384 e. The van der Waals surface area contributed by atoms with E-state index in [2.05, 4.69) is 45.4 Å². The van der Waals surface area contributed by atoms with E-state index in [0.717, 1.165) is 9.56 Å². The molecule has 0 aliphatic carbocycles. The van der Waals surface area contributed by atoms with Crippen LogP contribution in [-0.4, -0.2) is 31.3 Å². The molecule has 0 amide bonds. The van der Waals surface area contributed by atoms with Crippen molar-refractivity contribution in [2.75, 3.05) is 13.1 Å². The van der Waals surface area contributed by atoms with Gasteiger partial charge in [0.2, 0.25) is 0 Å². The summed E-state index contributed by atoms with van der Waals surface area (Å²) in [5, 5.41) is 0. The quantitative estimate of drug-likeness (QED) is 0.579. The Labute approximate surface area is 95.5 Å². The van der Waals surface area contributed by atoms with Gasteiger partial charge in [0.1, 0.15) is 0 Å². The van der Waals surface area contributed by atoms with Crippen LogP contribution >= 0.6 is 0 Å². The zero-order valence-electron chi connectivity index (χ0n) is 11.0. The normalized spacial score (nSPS) is 11.8. The second-order valence-corrected chi connectivity index (χ2v) is 9.39. The van der Waals surface area contributed by atoms with Crippen LogP contribution in [0.15, 0.2) is 0 Å². The molecule has 0 saturated heterocycles. The minimum atomic E-state index is -0.697. The summed E-state index contributed by atoms with van der Waals surface area (Å²) in [7, 11) is 0. The molecule has 0 bridgehead atoms. The molecule has 0 heterocycles. The molecule has 0 aliphatic rings. The lowest BCUT2D eigenvalue weighted by atomic mass is 10.4. The van der Waals surface area contributed by atoms with Crippen molar-refractivity contribution >= 4 is 14.4 Å². The number of rotatable bonds is 7. The van der Waals surface area contributed by atoms with Crippen molar-refractivity contribution in [1.82, 2.24) is 3.88 Å². The Kier molecular flexibility index (Phi) is 8.01. The van der Waals surface area contributed by atoms with Gasteiger partial charge in [0, 0.05) is 0 Å². The molecule has 0 spiro atoms. The molecule has 0 aliphatic heterocycles. The molecule has 0 atom stereocenters. The largest absolute Gasteiger partial charge is 0.384 e. The molecule has 2 heteroatoms. The Balaban J connectivity index is 4.37. The first-order valence-electron chi connectivity index (χ1n) is 6.28. The maximum absolute atomic E-state index is 2.81. The topological polar surface area (TPSA) is 3.24 Å². The van der Waals surface area contributed by atoms with Crippen molar-refractivity contribution in [2.45, 2.75) is 63.9 Å². The first kappa shape index (κ1) is 14.5. The van der Waals surface area contributed by atoms with E-state index in [1.807, 2.05) is 0 Å². The second-order valence-electron chi connectivity index (χ2n) is 5.01. The Hall–Kier alpha value is 0.492. The fourth-order valence-electron chi connectivity index (χ4n) is 2.60. The van der Waals surface area contributed by atoms with Gasteiger partial charge < -0.3 is 3.88 Å². The van der Waals surface area contributed by atoms with Crippen LogP contribution in [0.3, 0.4) is 0 Å². The molecule has 1 nitrogen and oxygen atoms in total. The molecular weight excluding hydrogens is 185 g/mol. The molecule has 0 aromatic carbocycles. The van der Waals surface area contributed by atoms with Gasteiger partial charge in [-0.1, -0.05) is 51.1 Å². The number of hydrogen-bond acceptors (Lipinski definition) is 1. The van der Waals surface area contributed by atoms with Gasteiger partial charge in [-0.15, -0.1) is 0 Å². The summed E-state index contributed by atoms with van der Waals surface area (Å²) in [6.07, 6.45) is 2.62. The third-order valence-electron chi connectivity index (χ3n) is 2.81. The molecule has 0 radical (unpaired) electrons. The second kappa shape index (κ2) is 7.74. The predicted molar refractivity (Wildman–Crippen MR) is 68.1 cm³/mol. The molecule has 0 aromatic rings. The van der Waals surface area contributed by atoms with E-state index in [0.29, 0.717) is 0 Å². The van der Waals surface area contributed by atoms with Crippen LogP contribution in [0.25, 0.3) is 0 Å². The maximum Gasteiger partial charge on any atom is 0.378 e. The van der Waals surface area contributed by atoms with Gasteiger partial charge in [0.25, 0.3) is 0 Å². The number of hydrogen-bond donors (Lipinski definition) is 0. The van der Waals surface area contributed by atoms with E-state index in [9.17, 15) is 0 Å². The molecule has 0 unspecified atom stereocenters. The summed E-state index contributed by atoms with van der Waals surface area (Å²) in [5.74, 6) is 0. The Morgan fingerprint density at radius 3 is 1.43 bits per heavy atom. The van der Waals surface area contributed by atoms with Gasteiger partial charge in [-0.05, 0) is 25.9 Å². The van der Waals surface area contributed by atoms with Crippen LogP contribution < -0.4 is 0 Å². The fourth-order valence-corrected chi connectivity index (χ4v) is 6.94. The number of nitrogens with zero attached hydrogens (tertiary/aromatic N) is 1. The Morgan fingerprint density at radius 2 is 1.21 bits per heavy atom. The van der Waals surface area contributed by atoms with Crippen molar-refractivity contribution in [1.29, 1.82) is 0 Å². The van der Waals surface area contributed by atoms with E-state index in [-0.39, 0.29) is 0 Å². The highest BCUT2D eigenvalue weighted by molar-refractivity contribution is 6.58. The molecule has 0 rings (SSSR count). The van der Waals surface area contributed by atoms with E-state index < -0.39 is 14.4 Å². The van der Waals surface area contributed by atoms with Crippen molar-refractivity contribution in [3.05, 3.63) is 0 Å². The smallest absolute Gasteiger partial charge is 0.378 e. The van der Waals surface area contributed by atoms with Crippen molar-refractivity contribution in [3.8, 4) is 0 Å². The third-order valence-corrected chi connectivity index (χ3v) is 6.90. The van der Waals surface area contributed by atoms with Crippen LogP contribution in [0.2, 0.25) is 9.56 Å². The van der Waals surface area contributed by atoms with Gasteiger partial charge in [-0.3, -0.25) is 0 Å². The van der Waals surface area contributed by atoms with Crippen molar-refractivity contribution in [2.24, 2.45) is 0 Å². The summed E-state index contributed by atoms with van der Waals surface area (Å²) in [4.78, 5) is 0. The van der Waals surface area contributed by atoms with Crippen LogP contribution in [0.1, 0.15) is 54.4 Å². The highest BCUT2D eigenvalue weighted by atomic mass is 27.2. The minimum absolute atomic E-state index is 0.697. The lowest BCUT2D eigenvalue weighted by Gasteiger charge is -2.33. The monoisotopic (exact) mass is 213 g/mol. The van der Waals surface area contributed by atoms with E-state index in [1.54, 1.807) is 0 Å². The maximum atomic E-state index is 2.81. The summed E-state index contributed by atoms with van der Waals surface area (Å²) < 4.78 is 4.64. The summed E-state index contributed by atoms with van der Waals surface area (Å²) in [6.45, 7) is 16.9. The molecule has 0 saturated carbocycles. The van der Waals surface area contributed by atoms with E-state index in [1.165, 1.54) is 25.9 Å². The molecule has 0 N–H and O–H groups in total. The SMILES string of the molecule is CCC[N](CCC)[Al]([CH](C)C)[CH](C)C. The van der Waals surface area contributed by atoms with Crippen LogP contribution in [-0.2, 0) is 0 Å². The summed E-state index contributed by atoms with van der Waals surface area (Å²) in [6, 6.07) is 0. The Bertz CT molecular complexity index is 120. The zero-order valence-corrected chi connectivity index (χ0v) is 12.2. The van der Waals surface area contributed by atoms with Crippen molar-refractivity contribution < 1.29 is 0 Å². The van der Waals surface area contributed by atoms with Gasteiger partial charge >= 0.3 is 14.4 Å². The average Bonchev–Trinajstić information content (AvgIpc) is 2.03. The third kappa shape index (κ3) is 4.82. The van der Waals surface area contributed by atoms with Gasteiger partial charge in [-0.2, -0.15) is 0 Å². The molecule has 0 fully saturated rings. The van der Waals surface area contributed by atoms with Crippen LogP contribution in [0, 0.1) is 0 Å². The lowest BCUT2D eigenvalue weighted by Crippen LogP contribution is -2.44. The lowest BCUT2D eigenvalue weighted by molar-refractivity contribution is 0.415.